The van der Waals surface area contributed by atoms with Gasteiger partial charge in [-0.15, -0.1) is 0 Å². The van der Waals surface area contributed by atoms with Crippen LogP contribution in [0.3, 0.4) is 0 Å². The van der Waals surface area contributed by atoms with Crippen LogP contribution in [0.15, 0.2) is 46.9 Å². The van der Waals surface area contributed by atoms with Crippen LogP contribution >= 0.6 is 15.9 Å². The summed E-state index contributed by atoms with van der Waals surface area (Å²) in [5, 5.41) is 2.88. The van der Waals surface area contributed by atoms with Gasteiger partial charge >= 0.3 is 0 Å². The molecule has 4 nitrogen and oxygen atoms in total. The summed E-state index contributed by atoms with van der Waals surface area (Å²) in [5.74, 6) is 0.813. The molecule has 1 amide bonds. The van der Waals surface area contributed by atoms with Crippen LogP contribution in [0.5, 0.6) is 11.5 Å². The SMILES string of the molecule is CC(NC(=O)C=Cc1ccc(F)c(Br)c1)c1ccc2c(c1)OCO2. The van der Waals surface area contributed by atoms with Crippen LogP contribution in [-0.2, 0) is 4.79 Å². The summed E-state index contributed by atoms with van der Waals surface area (Å²) >= 11 is 3.12. The molecular formula is C18H15BrFNO3. The Morgan fingerprint density at radius 3 is 2.83 bits per heavy atom. The lowest BCUT2D eigenvalue weighted by molar-refractivity contribution is -0.117. The van der Waals surface area contributed by atoms with Gasteiger partial charge in [-0.2, -0.15) is 0 Å². The molecule has 124 valence electrons. The topological polar surface area (TPSA) is 47.6 Å². The van der Waals surface area contributed by atoms with Gasteiger partial charge in [0.2, 0.25) is 12.7 Å². The van der Waals surface area contributed by atoms with E-state index in [1.807, 2.05) is 25.1 Å². The number of fused-ring (bicyclic) bond motifs is 1. The van der Waals surface area contributed by atoms with Crippen molar-refractivity contribution in [3.8, 4) is 11.5 Å². The number of hydrogen-bond acceptors (Lipinski definition) is 3. The summed E-state index contributed by atoms with van der Waals surface area (Å²) in [6.45, 7) is 2.10. The van der Waals surface area contributed by atoms with Crippen molar-refractivity contribution in [1.82, 2.24) is 5.32 Å². The lowest BCUT2D eigenvalue weighted by Crippen LogP contribution is -2.24. The van der Waals surface area contributed by atoms with Gasteiger partial charge in [0.1, 0.15) is 5.82 Å². The van der Waals surface area contributed by atoms with E-state index in [1.54, 1.807) is 18.2 Å². The van der Waals surface area contributed by atoms with Gasteiger partial charge < -0.3 is 14.8 Å². The zero-order valence-corrected chi connectivity index (χ0v) is 14.5. The molecule has 1 aliphatic rings. The monoisotopic (exact) mass is 391 g/mol. The fraction of sp³-hybridized carbons (Fsp3) is 0.167. The van der Waals surface area contributed by atoms with Crippen LogP contribution in [0.4, 0.5) is 4.39 Å². The Kier molecular flexibility index (Phi) is 4.85. The predicted molar refractivity (Wildman–Crippen MR) is 92.3 cm³/mol. The van der Waals surface area contributed by atoms with Crippen LogP contribution < -0.4 is 14.8 Å². The Labute approximate surface area is 147 Å². The van der Waals surface area contributed by atoms with Crippen LogP contribution in [0, 0.1) is 5.82 Å². The molecule has 0 bridgehead atoms. The first kappa shape index (κ1) is 16.5. The van der Waals surface area contributed by atoms with E-state index in [0.29, 0.717) is 16.0 Å². The smallest absolute Gasteiger partial charge is 0.244 e. The zero-order chi connectivity index (χ0) is 17.1. The minimum atomic E-state index is -0.340. The van der Waals surface area contributed by atoms with Crippen molar-refractivity contribution in [3.63, 3.8) is 0 Å². The molecule has 0 saturated heterocycles. The largest absolute Gasteiger partial charge is 0.454 e. The maximum atomic E-state index is 13.2. The molecule has 24 heavy (non-hydrogen) atoms. The second kappa shape index (κ2) is 7.05. The summed E-state index contributed by atoms with van der Waals surface area (Å²) in [5.41, 5.74) is 1.65. The van der Waals surface area contributed by atoms with Crippen molar-refractivity contribution >= 4 is 27.9 Å². The normalized spacial score (nSPS) is 14.0. The third kappa shape index (κ3) is 3.76. The summed E-state index contributed by atoms with van der Waals surface area (Å²) < 4.78 is 24.1. The van der Waals surface area contributed by atoms with Crippen LogP contribution in [0.2, 0.25) is 0 Å². The first-order valence-electron chi connectivity index (χ1n) is 7.36. The summed E-state index contributed by atoms with van der Waals surface area (Å²) in [4.78, 5) is 12.0. The van der Waals surface area contributed by atoms with Crippen molar-refractivity contribution in [1.29, 1.82) is 0 Å². The molecule has 1 aliphatic heterocycles. The molecule has 1 unspecified atom stereocenters. The highest BCUT2D eigenvalue weighted by atomic mass is 79.9. The van der Waals surface area contributed by atoms with Crippen molar-refractivity contribution in [2.75, 3.05) is 6.79 Å². The molecule has 1 atom stereocenters. The first-order chi connectivity index (χ1) is 11.5. The fourth-order valence-corrected chi connectivity index (χ4v) is 2.71. The van der Waals surface area contributed by atoms with Gasteiger partial charge in [0.05, 0.1) is 10.5 Å². The second-order valence-corrected chi connectivity index (χ2v) is 6.20. The van der Waals surface area contributed by atoms with Crippen LogP contribution in [0.1, 0.15) is 24.1 Å². The Bertz CT molecular complexity index is 807. The summed E-state index contributed by atoms with van der Waals surface area (Å²) in [7, 11) is 0. The molecule has 0 saturated carbocycles. The first-order valence-corrected chi connectivity index (χ1v) is 8.15. The number of halogens is 2. The Morgan fingerprint density at radius 2 is 2.04 bits per heavy atom. The third-order valence-corrected chi connectivity index (χ3v) is 4.23. The number of ether oxygens (including phenoxy) is 2. The minimum Gasteiger partial charge on any atom is -0.454 e. The quantitative estimate of drug-likeness (QED) is 0.794. The summed E-state index contributed by atoms with van der Waals surface area (Å²) in [6, 6.07) is 9.94. The molecule has 6 heteroatoms. The standard InChI is InChI=1S/C18H15BrFNO3/c1-11(13-4-6-16-17(9-13)24-10-23-16)21-18(22)7-3-12-2-5-15(20)14(19)8-12/h2-9,11H,10H2,1H3,(H,21,22). The van der Waals surface area contributed by atoms with E-state index in [-0.39, 0.29) is 24.6 Å². The van der Waals surface area contributed by atoms with Crippen molar-refractivity contribution in [2.24, 2.45) is 0 Å². The Morgan fingerprint density at radius 1 is 1.25 bits per heavy atom. The Balaban J connectivity index is 1.63. The lowest BCUT2D eigenvalue weighted by Gasteiger charge is -2.13. The van der Waals surface area contributed by atoms with Crippen molar-refractivity contribution in [2.45, 2.75) is 13.0 Å². The summed E-state index contributed by atoms with van der Waals surface area (Å²) in [6.07, 6.45) is 3.05. The number of amides is 1. The van der Waals surface area contributed by atoms with Gasteiger partial charge in [-0.05, 0) is 64.3 Å². The average Bonchev–Trinajstić information content (AvgIpc) is 3.03. The van der Waals surface area contributed by atoms with E-state index in [9.17, 15) is 9.18 Å². The molecular weight excluding hydrogens is 377 g/mol. The van der Waals surface area contributed by atoms with Crippen LogP contribution in [0.25, 0.3) is 6.08 Å². The number of hydrogen-bond donors (Lipinski definition) is 1. The number of nitrogens with one attached hydrogen (secondary N) is 1. The Hall–Kier alpha value is -2.34. The molecule has 1 heterocycles. The lowest BCUT2D eigenvalue weighted by atomic mass is 10.1. The fourth-order valence-electron chi connectivity index (χ4n) is 2.32. The van der Waals surface area contributed by atoms with E-state index in [4.69, 9.17) is 9.47 Å². The maximum Gasteiger partial charge on any atom is 0.244 e. The van der Waals surface area contributed by atoms with Crippen molar-refractivity contribution in [3.05, 3.63) is 63.9 Å². The number of benzene rings is 2. The third-order valence-electron chi connectivity index (χ3n) is 3.63. The molecule has 0 spiro atoms. The number of rotatable bonds is 4. The molecule has 0 aliphatic carbocycles. The highest BCUT2D eigenvalue weighted by Gasteiger charge is 2.16. The number of carbonyl (C=O) groups is 1. The van der Waals surface area contributed by atoms with E-state index < -0.39 is 0 Å². The molecule has 0 aromatic heterocycles. The zero-order valence-electron chi connectivity index (χ0n) is 12.9. The van der Waals surface area contributed by atoms with E-state index in [0.717, 1.165) is 11.1 Å². The minimum absolute atomic E-state index is 0.184. The molecule has 0 radical (unpaired) electrons. The highest BCUT2D eigenvalue weighted by molar-refractivity contribution is 9.10. The van der Waals surface area contributed by atoms with Gasteiger partial charge in [-0.1, -0.05) is 12.1 Å². The molecule has 0 fully saturated rings. The van der Waals surface area contributed by atoms with Gasteiger partial charge in [0, 0.05) is 6.08 Å². The molecule has 1 N–H and O–H groups in total. The highest BCUT2D eigenvalue weighted by Crippen LogP contribution is 2.34. The molecule has 2 aromatic carbocycles. The van der Waals surface area contributed by atoms with Crippen molar-refractivity contribution < 1.29 is 18.7 Å². The average molecular weight is 392 g/mol. The van der Waals surface area contributed by atoms with Gasteiger partial charge in [0.25, 0.3) is 0 Å². The molecule has 3 rings (SSSR count). The van der Waals surface area contributed by atoms with Crippen LogP contribution in [-0.4, -0.2) is 12.7 Å². The van der Waals surface area contributed by atoms with Gasteiger partial charge in [0.15, 0.2) is 11.5 Å². The van der Waals surface area contributed by atoms with Gasteiger partial charge in [-0.3, -0.25) is 4.79 Å². The maximum absolute atomic E-state index is 13.2. The van der Waals surface area contributed by atoms with Gasteiger partial charge in [-0.25, -0.2) is 4.39 Å². The second-order valence-electron chi connectivity index (χ2n) is 5.35. The van der Waals surface area contributed by atoms with E-state index in [1.165, 1.54) is 12.1 Å². The van der Waals surface area contributed by atoms with E-state index in [2.05, 4.69) is 21.2 Å². The predicted octanol–water partition coefficient (Wildman–Crippen LogP) is 4.21. The number of carbonyl (C=O) groups excluding carboxylic acids is 1. The molecule has 2 aromatic rings. The van der Waals surface area contributed by atoms with E-state index >= 15 is 0 Å².